The zero-order chi connectivity index (χ0) is 16.2. The highest BCUT2D eigenvalue weighted by molar-refractivity contribution is 14.0. The fourth-order valence-corrected chi connectivity index (χ4v) is 3.68. The molecule has 24 heavy (non-hydrogen) atoms. The fourth-order valence-electron chi connectivity index (χ4n) is 2.78. The lowest BCUT2D eigenvalue weighted by Gasteiger charge is -2.27. The Bertz CT molecular complexity index is 693. The quantitative estimate of drug-likeness (QED) is 0.438. The first-order chi connectivity index (χ1) is 11.2. The molecule has 0 saturated carbocycles. The zero-order valence-electron chi connectivity index (χ0n) is 14.1. The highest BCUT2D eigenvalue weighted by Crippen LogP contribution is 2.19. The van der Waals surface area contributed by atoms with Crippen LogP contribution in [-0.2, 0) is 6.54 Å². The Balaban J connectivity index is 0.00000208. The Labute approximate surface area is 164 Å². The first-order valence-electron chi connectivity index (χ1n) is 7.90. The minimum atomic E-state index is 0. The summed E-state index contributed by atoms with van der Waals surface area (Å²) in [4.78, 5) is 6.77. The van der Waals surface area contributed by atoms with E-state index in [0.717, 1.165) is 47.2 Å². The smallest absolute Gasteiger partial charge is 0.191 e. The summed E-state index contributed by atoms with van der Waals surface area (Å²) in [7, 11) is 0. The monoisotopic (exact) mass is 457 g/mol. The molecule has 3 rings (SSSR count). The lowest BCUT2D eigenvalue weighted by molar-refractivity contribution is 0.455. The largest absolute Gasteiger partial charge is 0.370 e. The van der Waals surface area contributed by atoms with Crippen molar-refractivity contribution in [2.75, 3.05) is 24.6 Å². The Morgan fingerprint density at radius 3 is 2.54 bits per heavy atom. The number of aryl methyl sites for hydroxylation is 1. The molecule has 1 aliphatic heterocycles. The molecule has 1 aromatic heterocycles. The first-order valence-corrected chi connectivity index (χ1v) is 9.05. The van der Waals surface area contributed by atoms with Crippen LogP contribution in [0, 0.1) is 13.8 Å². The number of halogens is 1. The summed E-state index contributed by atoms with van der Waals surface area (Å²) < 4.78 is 1.98. The van der Waals surface area contributed by atoms with Crippen LogP contribution in [0.25, 0.3) is 5.69 Å². The summed E-state index contributed by atoms with van der Waals surface area (Å²) in [6.07, 6.45) is 0. The average Bonchev–Trinajstić information content (AvgIpc) is 2.88. The lowest BCUT2D eigenvalue weighted by atomic mass is 10.2. The molecule has 0 unspecified atom stereocenters. The van der Waals surface area contributed by atoms with Crippen molar-refractivity contribution in [1.82, 2.24) is 14.7 Å². The summed E-state index contributed by atoms with van der Waals surface area (Å²) in [6, 6.07) is 10.2. The summed E-state index contributed by atoms with van der Waals surface area (Å²) in [6.45, 7) is 6.68. The second-order valence-electron chi connectivity index (χ2n) is 5.67. The van der Waals surface area contributed by atoms with Crippen LogP contribution in [-0.4, -0.2) is 45.2 Å². The zero-order valence-corrected chi connectivity index (χ0v) is 17.3. The molecule has 7 heteroatoms. The van der Waals surface area contributed by atoms with Gasteiger partial charge in [-0.15, -0.1) is 24.0 Å². The molecule has 2 aromatic rings. The van der Waals surface area contributed by atoms with Crippen molar-refractivity contribution in [2.24, 2.45) is 10.7 Å². The van der Waals surface area contributed by atoms with E-state index in [-0.39, 0.29) is 24.0 Å². The molecular formula is C17H24IN5S. The average molecular weight is 457 g/mol. The van der Waals surface area contributed by atoms with E-state index in [0.29, 0.717) is 12.5 Å². The Morgan fingerprint density at radius 2 is 1.88 bits per heavy atom. The number of thioether (sulfide) groups is 1. The van der Waals surface area contributed by atoms with E-state index < -0.39 is 0 Å². The number of para-hydroxylation sites is 1. The Kier molecular flexibility index (Phi) is 6.97. The van der Waals surface area contributed by atoms with Gasteiger partial charge in [0, 0.05) is 35.9 Å². The molecule has 0 radical (unpaired) electrons. The van der Waals surface area contributed by atoms with E-state index in [1.54, 1.807) is 0 Å². The molecule has 1 saturated heterocycles. The predicted octanol–water partition coefficient (Wildman–Crippen LogP) is 2.97. The minimum Gasteiger partial charge on any atom is -0.370 e. The van der Waals surface area contributed by atoms with Gasteiger partial charge < -0.3 is 10.6 Å². The molecule has 0 amide bonds. The third-order valence-electron chi connectivity index (χ3n) is 4.18. The van der Waals surface area contributed by atoms with Crippen molar-refractivity contribution < 1.29 is 0 Å². The van der Waals surface area contributed by atoms with Gasteiger partial charge >= 0.3 is 0 Å². The molecule has 1 aromatic carbocycles. The Hall–Kier alpha value is -1.22. The maximum Gasteiger partial charge on any atom is 0.191 e. The van der Waals surface area contributed by atoms with Crippen molar-refractivity contribution in [3.63, 3.8) is 0 Å². The molecular weight excluding hydrogens is 433 g/mol. The van der Waals surface area contributed by atoms with Crippen molar-refractivity contribution in [3.05, 3.63) is 47.3 Å². The molecule has 2 heterocycles. The molecule has 1 aliphatic rings. The van der Waals surface area contributed by atoms with Crippen molar-refractivity contribution >= 4 is 41.7 Å². The standard InChI is InChI=1S/C17H23N5S.HI/c1-13-16(12-19-17(18)21-8-10-23-11-9-21)14(2)22(20-13)15-6-4-3-5-7-15;/h3-7H,8-12H2,1-2H3,(H2,18,19);1H. The van der Waals surface area contributed by atoms with Crippen LogP contribution in [0.2, 0.25) is 0 Å². The number of nitrogens with zero attached hydrogens (tertiary/aromatic N) is 4. The number of nitrogens with two attached hydrogens (primary N) is 1. The van der Waals surface area contributed by atoms with Gasteiger partial charge in [0.1, 0.15) is 0 Å². The van der Waals surface area contributed by atoms with Gasteiger partial charge in [0.2, 0.25) is 0 Å². The van der Waals surface area contributed by atoms with E-state index >= 15 is 0 Å². The van der Waals surface area contributed by atoms with Crippen LogP contribution >= 0.6 is 35.7 Å². The van der Waals surface area contributed by atoms with E-state index in [9.17, 15) is 0 Å². The van der Waals surface area contributed by atoms with Crippen molar-refractivity contribution in [1.29, 1.82) is 0 Å². The predicted molar refractivity (Wildman–Crippen MR) is 113 cm³/mol. The van der Waals surface area contributed by atoms with Crippen LogP contribution in [0.1, 0.15) is 17.0 Å². The van der Waals surface area contributed by atoms with Crippen LogP contribution < -0.4 is 5.73 Å². The molecule has 130 valence electrons. The van der Waals surface area contributed by atoms with Gasteiger partial charge in [-0.3, -0.25) is 0 Å². The van der Waals surface area contributed by atoms with Gasteiger partial charge in [0.25, 0.3) is 0 Å². The summed E-state index contributed by atoms with van der Waals surface area (Å²) in [5.41, 5.74) is 10.5. The Morgan fingerprint density at radius 1 is 1.21 bits per heavy atom. The van der Waals surface area contributed by atoms with E-state index in [1.165, 1.54) is 0 Å². The number of benzene rings is 1. The molecule has 0 bridgehead atoms. The number of rotatable bonds is 3. The summed E-state index contributed by atoms with van der Waals surface area (Å²) in [5, 5.41) is 4.66. The van der Waals surface area contributed by atoms with Crippen LogP contribution in [0.4, 0.5) is 0 Å². The van der Waals surface area contributed by atoms with Gasteiger partial charge in [0.05, 0.1) is 17.9 Å². The van der Waals surface area contributed by atoms with Gasteiger partial charge in [0.15, 0.2) is 5.96 Å². The number of guanidine groups is 1. The number of hydrogen-bond acceptors (Lipinski definition) is 3. The highest BCUT2D eigenvalue weighted by Gasteiger charge is 2.15. The van der Waals surface area contributed by atoms with E-state index in [4.69, 9.17) is 5.73 Å². The first kappa shape index (κ1) is 19.1. The minimum absolute atomic E-state index is 0. The second kappa shape index (κ2) is 8.75. The summed E-state index contributed by atoms with van der Waals surface area (Å²) in [5.74, 6) is 2.90. The molecule has 0 aliphatic carbocycles. The summed E-state index contributed by atoms with van der Waals surface area (Å²) >= 11 is 1.97. The van der Waals surface area contributed by atoms with Gasteiger partial charge in [-0.1, -0.05) is 18.2 Å². The van der Waals surface area contributed by atoms with Crippen LogP contribution in [0.15, 0.2) is 35.3 Å². The van der Waals surface area contributed by atoms with Gasteiger partial charge in [-0.25, -0.2) is 9.67 Å². The molecule has 0 atom stereocenters. The highest BCUT2D eigenvalue weighted by atomic mass is 127. The maximum absolute atomic E-state index is 6.15. The molecule has 0 spiro atoms. The van der Waals surface area contributed by atoms with Gasteiger partial charge in [-0.2, -0.15) is 16.9 Å². The normalized spacial score (nSPS) is 15.2. The van der Waals surface area contributed by atoms with Crippen molar-refractivity contribution in [3.8, 4) is 5.69 Å². The van der Waals surface area contributed by atoms with Crippen LogP contribution in [0.5, 0.6) is 0 Å². The SMILES string of the molecule is Cc1nn(-c2ccccc2)c(C)c1CN=C(N)N1CCSCC1.I. The van der Waals surface area contributed by atoms with E-state index in [2.05, 4.69) is 34.0 Å². The van der Waals surface area contributed by atoms with Crippen molar-refractivity contribution in [2.45, 2.75) is 20.4 Å². The van der Waals surface area contributed by atoms with E-state index in [1.807, 2.05) is 41.6 Å². The fraction of sp³-hybridized carbons (Fsp3) is 0.412. The number of hydrogen-bond donors (Lipinski definition) is 1. The molecule has 1 fully saturated rings. The third kappa shape index (κ3) is 4.24. The topological polar surface area (TPSA) is 59.4 Å². The number of aromatic nitrogens is 2. The molecule has 2 N–H and O–H groups in total. The lowest BCUT2D eigenvalue weighted by Crippen LogP contribution is -2.42. The van der Waals surface area contributed by atoms with Crippen LogP contribution in [0.3, 0.4) is 0 Å². The molecule has 5 nitrogen and oxygen atoms in total. The third-order valence-corrected chi connectivity index (χ3v) is 5.12. The maximum atomic E-state index is 6.15. The van der Waals surface area contributed by atoms with Gasteiger partial charge in [-0.05, 0) is 26.0 Å². The second-order valence-corrected chi connectivity index (χ2v) is 6.90. The number of aliphatic imine (C=N–C) groups is 1.